The topological polar surface area (TPSA) is 305 Å². The van der Waals surface area contributed by atoms with E-state index in [9.17, 15) is 0 Å². The van der Waals surface area contributed by atoms with Gasteiger partial charge in [-0.15, -0.1) is 37.2 Å². The van der Waals surface area contributed by atoms with E-state index in [1.54, 1.807) is 0 Å². The lowest BCUT2D eigenvalue weighted by molar-refractivity contribution is -0.465. The third-order valence-corrected chi connectivity index (χ3v) is 2.57. The van der Waals surface area contributed by atoms with Crippen molar-refractivity contribution in [2.75, 3.05) is 0 Å². The Morgan fingerprint density at radius 1 is 0.438 bits per heavy atom. The second-order valence-corrected chi connectivity index (χ2v) is 5.38. The number of carbonyl (C=O) groups is 2. The Hall–Kier alpha value is 1.21. The van der Waals surface area contributed by atoms with Crippen LogP contribution < -0.4 is 49.6 Å². The fraction of sp³-hybridized carbons (Fsp3) is 0.529. The Morgan fingerprint density at radius 3 is 0.458 bits per heavy atom. The molecule has 0 fully saturated rings. The van der Waals surface area contributed by atoms with E-state index in [0.717, 1.165) is 0 Å². The lowest BCUT2D eigenvalue weighted by atomic mass is 11.2. The van der Waals surface area contributed by atoms with Crippen molar-refractivity contribution in [1.82, 2.24) is 0 Å². The Labute approximate surface area is 370 Å². The van der Waals surface area contributed by atoms with E-state index < -0.39 is 0 Å². The largest absolute Gasteiger partial charge is 1.00 e. The average Bonchev–Trinajstić information content (AvgIpc) is 2.59. The van der Waals surface area contributed by atoms with Crippen LogP contribution in [0.3, 0.4) is 0 Å². The zero-order valence-electron chi connectivity index (χ0n) is 18.9. The smallest absolute Gasteiger partial charge is 1.00 e. The molecule has 0 aromatic rings. The highest BCUT2D eigenvalue weighted by Gasteiger charge is 1.88. The minimum atomic E-state index is -0.250. The maximum atomic E-state index is 8.36. The van der Waals surface area contributed by atoms with Gasteiger partial charge in [-0.2, -0.15) is 19.2 Å². The molecule has 0 unspecified atom stereocenters. The molecule has 0 saturated heterocycles. The Morgan fingerprint density at radius 2 is 0.458 bits per heavy atom. The van der Waals surface area contributed by atoms with Crippen LogP contribution >= 0.6 is 130 Å². The summed E-state index contributed by atoms with van der Waals surface area (Å²) >= 11 is 40.0. The van der Waals surface area contributed by atoms with Crippen LogP contribution in [0.1, 0.15) is 69.7 Å². The van der Waals surface area contributed by atoms with Crippen molar-refractivity contribution in [2.45, 2.75) is 66.8 Å². The first-order valence-corrected chi connectivity index (χ1v) is 7.57. The summed E-state index contributed by atoms with van der Waals surface area (Å²) in [4.78, 5) is 49.2. The molecule has 0 aliphatic heterocycles. The van der Waals surface area contributed by atoms with Crippen LogP contribution in [0.25, 0.3) is 0 Å². The van der Waals surface area contributed by atoms with Gasteiger partial charge in [0.25, 0.3) is 12.9 Å². The molecule has 0 aromatic heterocycles. The number of rotatable bonds is 0. The van der Waals surface area contributed by atoms with Gasteiger partial charge in [0.15, 0.2) is 0 Å². The predicted octanol–water partition coefficient (Wildman–Crippen LogP) is -2.15. The van der Waals surface area contributed by atoms with Crippen molar-refractivity contribution in [3.63, 3.8) is 0 Å². The van der Waals surface area contributed by atoms with Crippen LogP contribution in [-0.2, 0) is 38.8 Å². The summed E-state index contributed by atoms with van der Waals surface area (Å²) in [5.41, 5.74) is 0. The van der Waals surface area contributed by atoms with Gasteiger partial charge in [0.1, 0.15) is 18.0 Å². The van der Waals surface area contributed by atoms with Crippen molar-refractivity contribution in [2.24, 2.45) is 0 Å². The highest BCUT2D eigenvalue weighted by molar-refractivity contribution is 6.68. The summed E-state index contributed by atoms with van der Waals surface area (Å²) in [6.07, 6.45) is 0.500. The molecule has 0 saturated carbocycles. The predicted molar refractivity (Wildman–Crippen MR) is 193 cm³/mol. The van der Waals surface area contributed by atoms with E-state index in [1.807, 2.05) is 0 Å². The van der Waals surface area contributed by atoms with E-state index in [-0.39, 0.29) is 211 Å². The first kappa shape index (κ1) is 212. The highest BCUT2D eigenvalue weighted by atomic mass is 35.5. The number of hydrogen-bond acceptors (Lipinski definition) is 12. The van der Waals surface area contributed by atoms with Gasteiger partial charge < -0.3 is 70.8 Å². The van der Waals surface area contributed by atoms with Crippen LogP contribution in [0.5, 0.6) is 0 Å². The number of carboxylic acid groups (broad SMARTS) is 2. The zero-order valence-corrected chi connectivity index (χ0v) is 28.4. The van der Waals surface area contributed by atoms with E-state index in [2.05, 4.69) is 10.1 Å². The summed E-state index contributed by atoms with van der Waals surface area (Å²) in [5.74, 6) is 0. The molecule has 0 rings (SSSR count). The molecule has 16 nitrogen and oxygen atoms in total. The molecular formula is C17H53Cl15O16-2. The molecule has 10 N–H and O–H groups in total. The molecule has 0 bridgehead atoms. The van der Waals surface area contributed by atoms with Crippen LogP contribution in [0.15, 0.2) is 18.0 Å². The van der Waals surface area contributed by atoms with Gasteiger partial charge >= 0.3 is 15.2 Å². The van der Waals surface area contributed by atoms with Gasteiger partial charge in [-0.3, -0.25) is 9.59 Å². The van der Waals surface area contributed by atoms with Crippen LogP contribution in [0.4, 0.5) is 0 Å². The average molecular weight is 1050 g/mol. The van der Waals surface area contributed by atoms with Gasteiger partial charge in [-0.1, -0.05) is 170 Å². The molecule has 0 aliphatic rings. The summed E-state index contributed by atoms with van der Waals surface area (Å²) in [6, 6.07) is 0. The van der Waals surface area contributed by atoms with Crippen LogP contribution in [0, 0.1) is 0 Å². The SMILES string of the molecule is C.C.C.C.C.C.C.C.C.Cl.Cl.Cl.ClC(Cl)=C(Cl)Cl.ClC(Cl)=C(Cl)Cl.O.O.O=C=O.O=C=O.O=CO.O=CO.OOO.OOO.[Cl-].[Cl-].[Cl-].[Cl-].[H+].[H+]. The molecule has 324 valence electrons. The molecule has 0 radical (unpaired) electrons. The fourth-order valence-electron chi connectivity index (χ4n) is 0. The summed E-state index contributed by atoms with van der Waals surface area (Å²) in [7, 11) is 0. The first-order valence-electron chi connectivity index (χ1n) is 4.55. The molecule has 0 aromatic carbocycles. The highest BCUT2D eigenvalue weighted by Crippen LogP contribution is 2.20. The minimum Gasteiger partial charge on any atom is -1.00 e. The standard InChI is InChI=1S/2C2Cl4.2CH2O2.2CO2.9CH4.7ClH.2H2O3.2H2O/c2*3-1(4)2(5)6;4*2-1-3;;;;;;;;;;;;;;;;;2*1-3-2;;/h;;2*1H,(H,2,3);;;9*1H4;7*1H;2*1-2H;2*1H2/p-2. The maximum absolute atomic E-state index is 8.36. The van der Waals surface area contributed by atoms with Gasteiger partial charge in [-0.05, 0) is 0 Å². The number of halogens is 15. The van der Waals surface area contributed by atoms with Crippen molar-refractivity contribution in [3.8, 4) is 0 Å². The third kappa shape index (κ3) is 1190. The normalized spacial score (nSPS) is 3.58. The third-order valence-electron chi connectivity index (χ3n) is 0.286. The summed E-state index contributed by atoms with van der Waals surface area (Å²) < 4.78 is -0.395. The van der Waals surface area contributed by atoms with Crippen LogP contribution in [-0.4, -0.2) is 67.4 Å². The van der Waals surface area contributed by atoms with Crippen molar-refractivity contribution < 1.29 is 134 Å². The summed E-state index contributed by atoms with van der Waals surface area (Å²) in [5, 5.41) is 44.8. The molecule has 0 heterocycles. The number of carbonyl (C=O) groups excluding carboxylic acids is 4. The molecular weight excluding hydrogens is 992 g/mol. The molecule has 0 aliphatic carbocycles. The Bertz CT molecular complexity index is 423. The second kappa shape index (κ2) is 291. The molecule has 48 heavy (non-hydrogen) atoms. The lowest BCUT2D eigenvalue weighted by Crippen LogP contribution is -3.00. The van der Waals surface area contributed by atoms with E-state index in [4.69, 9.17) is 153 Å². The van der Waals surface area contributed by atoms with Gasteiger partial charge in [0.2, 0.25) is 0 Å². The Balaban J connectivity index is -0.00000000408. The first-order chi connectivity index (χ1) is 13.8. The fourth-order valence-corrected chi connectivity index (χ4v) is 0. The molecule has 0 atom stereocenters. The number of hydrogen-bond donors (Lipinski definition) is 6. The van der Waals surface area contributed by atoms with E-state index in [0.29, 0.717) is 0 Å². The molecule has 31 heteroatoms. The monoisotopic (exact) mass is 1040 g/mol. The van der Waals surface area contributed by atoms with Crippen molar-refractivity contribution in [1.29, 1.82) is 0 Å². The quantitative estimate of drug-likeness (QED) is 0.0857. The maximum Gasteiger partial charge on any atom is 1.00 e. The van der Waals surface area contributed by atoms with Gasteiger partial charge in [0.05, 0.1) is 0 Å². The minimum absolute atomic E-state index is 0. The van der Waals surface area contributed by atoms with Crippen molar-refractivity contribution >= 4 is 155 Å². The Kier molecular flexibility index (Phi) is 1290. The molecule has 0 spiro atoms. The van der Waals surface area contributed by atoms with Gasteiger partial charge in [-0.25, -0.2) is 21.0 Å². The lowest BCUT2D eigenvalue weighted by Gasteiger charge is -1.75. The van der Waals surface area contributed by atoms with E-state index >= 15 is 0 Å². The van der Waals surface area contributed by atoms with Gasteiger partial charge in [0, 0.05) is 0 Å². The molecule has 0 amide bonds. The van der Waals surface area contributed by atoms with E-state index in [1.165, 1.54) is 0 Å². The summed E-state index contributed by atoms with van der Waals surface area (Å²) in [6.45, 7) is -0.500. The zero-order chi connectivity index (χ0) is 26.6. The van der Waals surface area contributed by atoms with Crippen molar-refractivity contribution in [3.05, 3.63) is 18.0 Å². The van der Waals surface area contributed by atoms with Crippen LogP contribution in [0.2, 0.25) is 0 Å². The second-order valence-electron chi connectivity index (χ2n) is 1.58.